The molecule has 0 saturated heterocycles. The van der Waals surface area contributed by atoms with Gasteiger partial charge in [-0.2, -0.15) is 0 Å². The third kappa shape index (κ3) is 2.76. The second-order valence-corrected chi connectivity index (χ2v) is 3.25. The van der Waals surface area contributed by atoms with E-state index in [9.17, 15) is 0 Å². The van der Waals surface area contributed by atoms with Crippen LogP contribution in [0.3, 0.4) is 0 Å². The first-order valence-electron chi connectivity index (χ1n) is 3.41. The van der Waals surface area contributed by atoms with Crippen molar-refractivity contribution in [2.45, 2.75) is 20.8 Å². The summed E-state index contributed by atoms with van der Waals surface area (Å²) in [5.41, 5.74) is 1.16. The third-order valence-corrected chi connectivity index (χ3v) is 1.26. The van der Waals surface area contributed by atoms with E-state index in [2.05, 4.69) is 30.8 Å². The van der Waals surface area contributed by atoms with Crippen molar-refractivity contribution in [3.05, 3.63) is 0 Å². The predicted octanol–water partition coefficient (Wildman–Crippen LogP) is 1.80. The molecular weight excluding hydrogens is 124 g/mol. The summed E-state index contributed by atoms with van der Waals surface area (Å²) in [5.74, 6) is 0. The zero-order valence-corrected chi connectivity index (χ0v) is 7.47. The number of aliphatic imine (C=N–C) groups is 2. The van der Waals surface area contributed by atoms with Crippen molar-refractivity contribution in [3.8, 4) is 0 Å². The van der Waals surface area contributed by atoms with Crippen LogP contribution in [0.5, 0.6) is 0 Å². The second kappa shape index (κ2) is 3.49. The molecule has 0 aromatic carbocycles. The predicted molar refractivity (Wildman–Crippen MR) is 47.2 cm³/mol. The van der Waals surface area contributed by atoms with Gasteiger partial charge in [-0.05, 0) is 0 Å². The van der Waals surface area contributed by atoms with Crippen LogP contribution < -0.4 is 0 Å². The summed E-state index contributed by atoms with van der Waals surface area (Å²) in [6.45, 7) is 6.37. The third-order valence-electron chi connectivity index (χ3n) is 1.26. The van der Waals surface area contributed by atoms with Gasteiger partial charge in [0.15, 0.2) is 0 Å². The highest BCUT2D eigenvalue weighted by molar-refractivity contribution is 6.32. The molecule has 0 spiro atoms. The number of rotatable bonds is 1. The summed E-state index contributed by atoms with van der Waals surface area (Å²) in [6, 6.07) is 0. The van der Waals surface area contributed by atoms with Gasteiger partial charge in [-0.25, -0.2) is 0 Å². The van der Waals surface area contributed by atoms with Crippen LogP contribution in [-0.4, -0.2) is 26.0 Å². The minimum absolute atomic E-state index is 0.119. The van der Waals surface area contributed by atoms with Gasteiger partial charge in [0, 0.05) is 25.7 Å². The van der Waals surface area contributed by atoms with Gasteiger partial charge in [0.05, 0.1) is 5.71 Å². The fourth-order valence-electron chi connectivity index (χ4n) is 0.709. The molecule has 0 amide bonds. The molecule has 0 rings (SSSR count). The normalized spacial score (nSPS) is 14.7. The van der Waals surface area contributed by atoms with E-state index in [0.29, 0.717) is 0 Å². The molecular formula is C8H16N2. The van der Waals surface area contributed by atoms with Gasteiger partial charge in [-0.1, -0.05) is 20.8 Å². The Bertz CT molecular complexity index is 149. The minimum atomic E-state index is 0.119. The van der Waals surface area contributed by atoms with Gasteiger partial charge in [0.1, 0.15) is 0 Å². The van der Waals surface area contributed by atoms with Gasteiger partial charge in [-0.15, -0.1) is 0 Å². The molecule has 0 aliphatic rings. The van der Waals surface area contributed by atoms with Crippen LogP contribution in [0.15, 0.2) is 9.98 Å². The highest BCUT2D eigenvalue weighted by Crippen LogP contribution is 2.14. The van der Waals surface area contributed by atoms with Crippen molar-refractivity contribution < 1.29 is 0 Å². The van der Waals surface area contributed by atoms with Crippen LogP contribution >= 0.6 is 0 Å². The minimum Gasteiger partial charge on any atom is -0.295 e. The van der Waals surface area contributed by atoms with Crippen molar-refractivity contribution in [1.82, 2.24) is 0 Å². The number of hydrogen-bond acceptors (Lipinski definition) is 2. The maximum Gasteiger partial charge on any atom is 0.0576 e. The molecule has 58 valence electrons. The van der Waals surface area contributed by atoms with E-state index in [-0.39, 0.29) is 5.41 Å². The van der Waals surface area contributed by atoms with E-state index in [1.165, 1.54) is 0 Å². The van der Waals surface area contributed by atoms with Crippen LogP contribution in [0.2, 0.25) is 0 Å². The van der Waals surface area contributed by atoms with E-state index < -0.39 is 0 Å². The van der Waals surface area contributed by atoms with E-state index >= 15 is 0 Å². The first kappa shape index (κ1) is 9.34. The van der Waals surface area contributed by atoms with E-state index in [4.69, 9.17) is 0 Å². The molecule has 2 nitrogen and oxygen atoms in total. The lowest BCUT2D eigenvalue weighted by Crippen LogP contribution is -2.21. The number of hydrogen-bond donors (Lipinski definition) is 0. The molecule has 10 heavy (non-hydrogen) atoms. The Morgan fingerprint density at radius 2 is 1.70 bits per heavy atom. The van der Waals surface area contributed by atoms with Crippen LogP contribution in [-0.2, 0) is 0 Å². The van der Waals surface area contributed by atoms with Crippen LogP contribution in [0.25, 0.3) is 0 Å². The molecule has 0 fully saturated rings. The van der Waals surface area contributed by atoms with Crippen molar-refractivity contribution >= 4 is 11.9 Å². The molecule has 0 aromatic heterocycles. The summed E-state index contributed by atoms with van der Waals surface area (Å²) < 4.78 is 0. The quantitative estimate of drug-likeness (QED) is 0.496. The molecule has 2 heteroatoms. The molecule has 0 atom stereocenters. The smallest absolute Gasteiger partial charge is 0.0576 e. The van der Waals surface area contributed by atoms with Crippen molar-refractivity contribution in [2.75, 3.05) is 14.1 Å². The summed E-state index contributed by atoms with van der Waals surface area (Å²) in [7, 11) is 3.55. The standard InChI is InChI=1S/C8H16N2/c1-8(2,3)7(10-5)6-9-4/h6H,1-5H3/b9-6-,10-7+. The molecule has 0 aliphatic carbocycles. The Morgan fingerprint density at radius 3 is 1.80 bits per heavy atom. The maximum atomic E-state index is 4.12. The molecule has 0 unspecified atom stereocenters. The molecule has 0 aromatic rings. The Morgan fingerprint density at radius 1 is 1.20 bits per heavy atom. The van der Waals surface area contributed by atoms with Crippen molar-refractivity contribution in [2.24, 2.45) is 15.4 Å². The summed E-state index contributed by atoms with van der Waals surface area (Å²) >= 11 is 0. The van der Waals surface area contributed by atoms with Crippen molar-refractivity contribution in [1.29, 1.82) is 0 Å². The molecule has 0 radical (unpaired) electrons. The lowest BCUT2D eigenvalue weighted by Gasteiger charge is -2.16. The lowest BCUT2D eigenvalue weighted by atomic mass is 9.90. The van der Waals surface area contributed by atoms with Gasteiger partial charge in [-0.3, -0.25) is 9.98 Å². The van der Waals surface area contributed by atoms with Gasteiger partial charge in [0.2, 0.25) is 0 Å². The van der Waals surface area contributed by atoms with Crippen molar-refractivity contribution in [3.63, 3.8) is 0 Å². The van der Waals surface area contributed by atoms with Gasteiger partial charge < -0.3 is 0 Å². The first-order chi connectivity index (χ1) is 4.52. The SMILES string of the molecule is C/N=C\C(=N/C)C(C)(C)C. The van der Waals surface area contributed by atoms with Gasteiger partial charge in [0.25, 0.3) is 0 Å². The highest BCUT2D eigenvalue weighted by atomic mass is 14.7. The molecule has 0 aliphatic heterocycles. The molecule has 0 saturated carbocycles. The zero-order valence-electron chi connectivity index (χ0n) is 7.47. The highest BCUT2D eigenvalue weighted by Gasteiger charge is 2.15. The summed E-state index contributed by atoms with van der Waals surface area (Å²) in [4.78, 5) is 8.03. The zero-order chi connectivity index (χ0) is 8.20. The van der Waals surface area contributed by atoms with Crippen LogP contribution in [0, 0.1) is 5.41 Å². The molecule has 0 bridgehead atoms. The van der Waals surface area contributed by atoms with E-state index in [1.54, 1.807) is 20.3 Å². The maximum absolute atomic E-state index is 4.12. The first-order valence-corrected chi connectivity index (χ1v) is 3.41. The fourth-order valence-corrected chi connectivity index (χ4v) is 0.709. The summed E-state index contributed by atoms with van der Waals surface area (Å²) in [6.07, 6.45) is 1.81. The topological polar surface area (TPSA) is 24.7 Å². The fraction of sp³-hybridized carbons (Fsp3) is 0.750. The summed E-state index contributed by atoms with van der Waals surface area (Å²) in [5, 5.41) is 0. The van der Waals surface area contributed by atoms with E-state index in [1.807, 2.05) is 0 Å². The Labute approximate surface area is 63.1 Å². The monoisotopic (exact) mass is 140 g/mol. The molecule has 0 N–H and O–H groups in total. The van der Waals surface area contributed by atoms with Gasteiger partial charge >= 0.3 is 0 Å². The largest absolute Gasteiger partial charge is 0.295 e. The Hall–Kier alpha value is -0.660. The Balaban J connectivity index is 4.39. The average Bonchev–Trinajstić information content (AvgIpc) is 1.80. The molecule has 0 heterocycles. The van der Waals surface area contributed by atoms with E-state index in [0.717, 1.165) is 5.71 Å². The lowest BCUT2D eigenvalue weighted by molar-refractivity contribution is 0.598. The average molecular weight is 140 g/mol. The van der Waals surface area contributed by atoms with Crippen LogP contribution in [0.1, 0.15) is 20.8 Å². The number of nitrogens with zero attached hydrogens (tertiary/aromatic N) is 2. The Kier molecular flexibility index (Phi) is 3.26. The van der Waals surface area contributed by atoms with Crippen LogP contribution in [0.4, 0.5) is 0 Å². The second-order valence-electron chi connectivity index (χ2n) is 3.25.